The van der Waals surface area contributed by atoms with Gasteiger partial charge in [-0.25, -0.2) is 9.97 Å². The van der Waals surface area contributed by atoms with Gasteiger partial charge in [0.05, 0.1) is 0 Å². The molecule has 2 atom stereocenters. The summed E-state index contributed by atoms with van der Waals surface area (Å²) in [5, 5.41) is 0. The van der Waals surface area contributed by atoms with Crippen LogP contribution in [0.1, 0.15) is 38.8 Å². The van der Waals surface area contributed by atoms with Gasteiger partial charge in [0, 0.05) is 30.2 Å². The summed E-state index contributed by atoms with van der Waals surface area (Å²) in [6.07, 6.45) is 2.86. The Balaban J connectivity index is 2.25. The minimum absolute atomic E-state index is 0.409. The van der Waals surface area contributed by atoms with E-state index in [0.29, 0.717) is 23.8 Å². The number of alkyl halides is 1. The molecule has 1 aliphatic rings. The van der Waals surface area contributed by atoms with Crippen molar-refractivity contribution in [3.05, 3.63) is 18.1 Å². The van der Waals surface area contributed by atoms with Gasteiger partial charge in [-0.05, 0) is 18.3 Å². The highest BCUT2D eigenvalue weighted by Gasteiger charge is 2.31. The lowest BCUT2D eigenvalue weighted by atomic mass is 10.0. The van der Waals surface area contributed by atoms with Crippen LogP contribution in [0.4, 0.5) is 5.82 Å². The Kier molecular flexibility index (Phi) is 3.87. The maximum absolute atomic E-state index is 6.06. The van der Waals surface area contributed by atoms with Crippen molar-refractivity contribution in [2.45, 2.75) is 39.2 Å². The van der Waals surface area contributed by atoms with Crippen LogP contribution >= 0.6 is 11.6 Å². The van der Waals surface area contributed by atoms with E-state index in [1.807, 2.05) is 0 Å². The first-order chi connectivity index (χ1) is 8.13. The molecule has 17 heavy (non-hydrogen) atoms. The second kappa shape index (κ2) is 5.21. The van der Waals surface area contributed by atoms with Gasteiger partial charge in [-0.1, -0.05) is 20.8 Å². The first-order valence-corrected chi connectivity index (χ1v) is 6.81. The largest absolute Gasteiger partial charge is 0.352 e. The van der Waals surface area contributed by atoms with Gasteiger partial charge in [0.25, 0.3) is 0 Å². The molecule has 2 unspecified atom stereocenters. The number of nitrogens with zero attached hydrogens (tertiary/aromatic N) is 3. The average molecular weight is 254 g/mol. The molecule has 0 aromatic carbocycles. The van der Waals surface area contributed by atoms with Crippen molar-refractivity contribution < 1.29 is 0 Å². The van der Waals surface area contributed by atoms with Crippen LogP contribution in [0.15, 0.2) is 12.4 Å². The Bertz CT molecular complexity index is 381. The molecule has 0 amide bonds. The SMILES string of the molecule is CC(C)c1cc(N2CCC(C)C2CCl)ncn1. The summed E-state index contributed by atoms with van der Waals surface area (Å²) in [5.41, 5.74) is 1.10. The first kappa shape index (κ1) is 12.6. The molecular formula is C13H20ClN3. The summed E-state index contributed by atoms with van der Waals surface area (Å²) in [6.45, 7) is 7.61. The lowest BCUT2D eigenvalue weighted by Crippen LogP contribution is -2.34. The zero-order valence-corrected chi connectivity index (χ0v) is 11.5. The summed E-state index contributed by atoms with van der Waals surface area (Å²) in [6, 6.07) is 2.51. The molecule has 0 aliphatic carbocycles. The molecule has 0 radical (unpaired) electrons. The highest BCUT2D eigenvalue weighted by atomic mass is 35.5. The van der Waals surface area contributed by atoms with E-state index in [4.69, 9.17) is 11.6 Å². The molecule has 1 aliphatic heterocycles. The summed E-state index contributed by atoms with van der Waals surface area (Å²) in [5.74, 6) is 2.78. The predicted octanol–water partition coefficient (Wildman–Crippen LogP) is 3.05. The number of anilines is 1. The Labute approximate surface area is 108 Å². The highest BCUT2D eigenvalue weighted by molar-refractivity contribution is 6.18. The first-order valence-electron chi connectivity index (χ1n) is 6.28. The van der Waals surface area contributed by atoms with E-state index in [0.717, 1.165) is 18.1 Å². The van der Waals surface area contributed by atoms with Gasteiger partial charge >= 0.3 is 0 Å². The third kappa shape index (κ3) is 2.54. The monoisotopic (exact) mass is 253 g/mol. The maximum atomic E-state index is 6.06. The van der Waals surface area contributed by atoms with Crippen LogP contribution in [0.25, 0.3) is 0 Å². The van der Waals surface area contributed by atoms with Crippen molar-refractivity contribution in [2.24, 2.45) is 5.92 Å². The van der Waals surface area contributed by atoms with Gasteiger partial charge in [0.2, 0.25) is 0 Å². The molecule has 1 aromatic heterocycles. The van der Waals surface area contributed by atoms with Gasteiger partial charge in [-0.2, -0.15) is 0 Å². The number of hydrogen-bond acceptors (Lipinski definition) is 3. The van der Waals surface area contributed by atoms with E-state index in [1.54, 1.807) is 6.33 Å². The standard InChI is InChI=1S/C13H20ClN3/c1-9(2)11-6-13(16-8-15-11)17-5-4-10(3)12(17)7-14/h6,8-10,12H,4-5,7H2,1-3H3. The zero-order chi connectivity index (χ0) is 12.4. The maximum Gasteiger partial charge on any atom is 0.132 e. The highest BCUT2D eigenvalue weighted by Crippen LogP contribution is 2.29. The van der Waals surface area contributed by atoms with E-state index in [1.165, 1.54) is 6.42 Å². The van der Waals surface area contributed by atoms with Crippen LogP contribution in [0.5, 0.6) is 0 Å². The molecule has 94 valence electrons. The molecule has 2 rings (SSSR count). The zero-order valence-electron chi connectivity index (χ0n) is 10.7. The van der Waals surface area contributed by atoms with Crippen LogP contribution < -0.4 is 4.90 Å². The summed E-state index contributed by atoms with van der Waals surface area (Å²) in [7, 11) is 0. The topological polar surface area (TPSA) is 29.0 Å². The van der Waals surface area contributed by atoms with E-state index in [-0.39, 0.29) is 0 Å². The van der Waals surface area contributed by atoms with Crippen LogP contribution in [0.2, 0.25) is 0 Å². The van der Waals surface area contributed by atoms with E-state index < -0.39 is 0 Å². The molecule has 1 saturated heterocycles. The Morgan fingerprint density at radius 2 is 2.24 bits per heavy atom. The molecule has 3 nitrogen and oxygen atoms in total. The van der Waals surface area contributed by atoms with Crippen molar-refractivity contribution in [1.29, 1.82) is 0 Å². The molecule has 0 spiro atoms. The van der Waals surface area contributed by atoms with Crippen LogP contribution in [0, 0.1) is 5.92 Å². The van der Waals surface area contributed by atoms with Crippen molar-refractivity contribution in [2.75, 3.05) is 17.3 Å². The fourth-order valence-electron chi connectivity index (χ4n) is 2.36. The lowest BCUT2D eigenvalue weighted by molar-refractivity contribution is 0.548. The quantitative estimate of drug-likeness (QED) is 0.776. The van der Waals surface area contributed by atoms with Crippen LogP contribution in [0.3, 0.4) is 0 Å². The molecule has 1 fully saturated rings. The van der Waals surface area contributed by atoms with Crippen LogP contribution in [-0.2, 0) is 0 Å². The summed E-state index contributed by atoms with van der Waals surface area (Å²) < 4.78 is 0. The fraction of sp³-hybridized carbons (Fsp3) is 0.692. The number of halogens is 1. The van der Waals surface area contributed by atoms with Gasteiger partial charge < -0.3 is 4.90 Å². The van der Waals surface area contributed by atoms with E-state index in [2.05, 4.69) is 41.7 Å². The van der Waals surface area contributed by atoms with Crippen molar-refractivity contribution in [3.63, 3.8) is 0 Å². The Morgan fingerprint density at radius 1 is 1.47 bits per heavy atom. The van der Waals surface area contributed by atoms with Crippen molar-refractivity contribution >= 4 is 17.4 Å². The van der Waals surface area contributed by atoms with Crippen LogP contribution in [-0.4, -0.2) is 28.4 Å². The van der Waals surface area contributed by atoms with Gasteiger partial charge in [0.15, 0.2) is 0 Å². The molecule has 1 aromatic rings. The predicted molar refractivity (Wildman–Crippen MR) is 71.8 cm³/mol. The number of hydrogen-bond donors (Lipinski definition) is 0. The molecule has 0 saturated carbocycles. The molecule has 4 heteroatoms. The minimum Gasteiger partial charge on any atom is -0.352 e. The van der Waals surface area contributed by atoms with Crippen molar-refractivity contribution in [3.8, 4) is 0 Å². The second-order valence-electron chi connectivity index (χ2n) is 5.14. The van der Waals surface area contributed by atoms with E-state index in [9.17, 15) is 0 Å². The van der Waals surface area contributed by atoms with Gasteiger partial charge in [-0.3, -0.25) is 0 Å². The Hall–Kier alpha value is -0.830. The summed E-state index contributed by atoms with van der Waals surface area (Å²) >= 11 is 6.06. The second-order valence-corrected chi connectivity index (χ2v) is 5.45. The number of rotatable bonds is 3. The third-order valence-electron chi connectivity index (χ3n) is 3.60. The average Bonchev–Trinajstić information content (AvgIpc) is 2.70. The normalized spacial score (nSPS) is 24.6. The molecule has 2 heterocycles. The van der Waals surface area contributed by atoms with E-state index >= 15 is 0 Å². The van der Waals surface area contributed by atoms with Gasteiger partial charge in [0.1, 0.15) is 12.1 Å². The molecular weight excluding hydrogens is 234 g/mol. The lowest BCUT2D eigenvalue weighted by Gasteiger charge is -2.26. The van der Waals surface area contributed by atoms with Gasteiger partial charge in [-0.15, -0.1) is 11.6 Å². The Morgan fingerprint density at radius 3 is 2.88 bits per heavy atom. The molecule has 0 bridgehead atoms. The molecule has 0 N–H and O–H groups in total. The van der Waals surface area contributed by atoms with Crippen molar-refractivity contribution in [1.82, 2.24) is 9.97 Å². The summed E-state index contributed by atoms with van der Waals surface area (Å²) in [4.78, 5) is 11.0. The smallest absolute Gasteiger partial charge is 0.132 e. The minimum atomic E-state index is 0.409. The third-order valence-corrected chi connectivity index (χ3v) is 3.92. The fourth-order valence-corrected chi connectivity index (χ4v) is 2.83. The number of aromatic nitrogens is 2.